The molecule has 18 heavy (non-hydrogen) atoms. The van der Waals surface area contributed by atoms with E-state index in [4.69, 9.17) is 5.84 Å². The average Bonchev–Trinajstić information content (AvgIpc) is 2.39. The van der Waals surface area contributed by atoms with Gasteiger partial charge in [0.1, 0.15) is 5.82 Å². The van der Waals surface area contributed by atoms with Crippen molar-refractivity contribution in [2.45, 2.75) is 13.5 Å². The van der Waals surface area contributed by atoms with Crippen LogP contribution in [0.15, 0.2) is 42.6 Å². The molecule has 0 aliphatic heterocycles. The van der Waals surface area contributed by atoms with Crippen LogP contribution < -0.4 is 16.2 Å². The van der Waals surface area contributed by atoms with Crippen molar-refractivity contribution >= 4 is 11.5 Å². The van der Waals surface area contributed by atoms with Crippen LogP contribution in [-0.2, 0) is 6.54 Å². The number of nitrogen functional groups attached to an aromatic ring is 1. The number of pyridine rings is 1. The van der Waals surface area contributed by atoms with Gasteiger partial charge in [-0.05, 0) is 24.6 Å². The minimum absolute atomic E-state index is 0.720. The fraction of sp³-hybridized carbons (Fsp3) is 0.214. The van der Waals surface area contributed by atoms with Gasteiger partial charge in [0.05, 0.1) is 0 Å². The fourth-order valence-electron chi connectivity index (χ4n) is 2.03. The van der Waals surface area contributed by atoms with E-state index in [1.54, 1.807) is 6.20 Å². The van der Waals surface area contributed by atoms with E-state index in [9.17, 15) is 0 Å². The highest BCUT2D eigenvalue weighted by atomic mass is 15.3. The molecule has 2 rings (SSSR count). The lowest BCUT2D eigenvalue weighted by molar-refractivity contribution is 0.909. The number of anilines is 2. The number of aryl methyl sites for hydroxylation is 1. The number of nitrogens with two attached hydrogens (primary N) is 1. The van der Waals surface area contributed by atoms with Gasteiger partial charge in [-0.3, -0.25) is 0 Å². The lowest BCUT2D eigenvalue weighted by atomic mass is 10.1. The molecule has 1 aromatic heterocycles. The van der Waals surface area contributed by atoms with E-state index in [1.807, 2.05) is 24.3 Å². The molecule has 0 aliphatic carbocycles. The zero-order chi connectivity index (χ0) is 13.0. The summed E-state index contributed by atoms with van der Waals surface area (Å²) in [6.07, 6.45) is 1.73. The Kier molecular flexibility index (Phi) is 3.79. The topological polar surface area (TPSA) is 54.2 Å². The highest BCUT2D eigenvalue weighted by Gasteiger charge is 2.07. The minimum atomic E-state index is 0.720. The third-order valence-electron chi connectivity index (χ3n) is 2.96. The summed E-state index contributed by atoms with van der Waals surface area (Å²) < 4.78 is 0. The molecule has 0 amide bonds. The van der Waals surface area contributed by atoms with Crippen LogP contribution in [0.4, 0.5) is 11.5 Å². The lowest BCUT2D eigenvalue weighted by Crippen LogP contribution is -2.20. The van der Waals surface area contributed by atoms with E-state index in [-0.39, 0.29) is 0 Å². The van der Waals surface area contributed by atoms with Crippen LogP contribution in [0, 0.1) is 6.92 Å². The molecular weight excluding hydrogens is 224 g/mol. The zero-order valence-corrected chi connectivity index (χ0v) is 10.7. The summed E-state index contributed by atoms with van der Waals surface area (Å²) in [5.41, 5.74) is 6.17. The van der Waals surface area contributed by atoms with Crippen molar-refractivity contribution in [1.29, 1.82) is 0 Å². The van der Waals surface area contributed by atoms with Gasteiger partial charge in [-0.1, -0.05) is 24.3 Å². The Morgan fingerprint density at radius 2 is 2.00 bits per heavy atom. The largest absolute Gasteiger partial charge is 0.370 e. The molecule has 2 aromatic rings. The predicted octanol–water partition coefficient (Wildman–Crippen LogP) is 2.31. The molecule has 0 radical (unpaired) electrons. The third kappa shape index (κ3) is 2.60. The molecule has 0 saturated heterocycles. The van der Waals surface area contributed by atoms with Crippen LogP contribution in [0.5, 0.6) is 0 Å². The Hall–Kier alpha value is -2.07. The highest BCUT2D eigenvalue weighted by Crippen LogP contribution is 2.21. The second-order valence-electron chi connectivity index (χ2n) is 4.30. The van der Waals surface area contributed by atoms with Gasteiger partial charge in [0.15, 0.2) is 0 Å². The summed E-state index contributed by atoms with van der Waals surface area (Å²) >= 11 is 0. The maximum Gasteiger partial charge on any atom is 0.144 e. The highest BCUT2D eigenvalue weighted by molar-refractivity contribution is 5.54. The number of para-hydroxylation sites is 1. The maximum atomic E-state index is 5.46. The summed E-state index contributed by atoms with van der Waals surface area (Å²) in [6.45, 7) is 2.87. The molecule has 1 heterocycles. The van der Waals surface area contributed by atoms with E-state index >= 15 is 0 Å². The standard InChI is InChI=1S/C14H18N4/c1-11-6-3-4-8-13(11)18(2)10-12-7-5-9-16-14(12)17-15/h3-9H,10,15H2,1-2H3,(H,16,17). The molecule has 1 aromatic carbocycles. The number of hydrogen-bond donors (Lipinski definition) is 2. The first-order chi connectivity index (χ1) is 8.72. The number of nitrogens with zero attached hydrogens (tertiary/aromatic N) is 2. The van der Waals surface area contributed by atoms with Gasteiger partial charge in [0.2, 0.25) is 0 Å². The van der Waals surface area contributed by atoms with E-state index in [0.29, 0.717) is 0 Å². The molecule has 0 fully saturated rings. The first-order valence-electron chi connectivity index (χ1n) is 5.89. The van der Waals surface area contributed by atoms with Crippen LogP contribution in [0.1, 0.15) is 11.1 Å². The Labute approximate surface area is 107 Å². The van der Waals surface area contributed by atoms with Crippen LogP contribution >= 0.6 is 0 Å². The normalized spacial score (nSPS) is 10.2. The van der Waals surface area contributed by atoms with Gasteiger partial charge in [-0.15, -0.1) is 0 Å². The van der Waals surface area contributed by atoms with Crippen LogP contribution in [0.3, 0.4) is 0 Å². The van der Waals surface area contributed by atoms with Crippen LogP contribution in [-0.4, -0.2) is 12.0 Å². The third-order valence-corrected chi connectivity index (χ3v) is 2.96. The Morgan fingerprint density at radius 3 is 2.72 bits per heavy atom. The molecule has 0 spiro atoms. The van der Waals surface area contributed by atoms with E-state index < -0.39 is 0 Å². The molecule has 4 heteroatoms. The monoisotopic (exact) mass is 242 g/mol. The molecule has 0 saturated carbocycles. The quantitative estimate of drug-likeness (QED) is 0.638. The number of hydrazine groups is 1. The van der Waals surface area contributed by atoms with Gasteiger partial charge >= 0.3 is 0 Å². The molecular formula is C14H18N4. The molecule has 0 aliphatic rings. The smallest absolute Gasteiger partial charge is 0.144 e. The Balaban J connectivity index is 2.21. The van der Waals surface area contributed by atoms with Gasteiger partial charge < -0.3 is 10.3 Å². The number of hydrogen-bond acceptors (Lipinski definition) is 4. The first-order valence-corrected chi connectivity index (χ1v) is 5.89. The van der Waals surface area contributed by atoms with Crippen molar-refractivity contribution in [3.8, 4) is 0 Å². The molecule has 3 N–H and O–H groups in total. The molecule has 0 unspecified atom stereocenters. The van der Waals surface area contributed by atoms with Crippen molar-refractivity contribution in [3.63, 3.8) is 0 Å². The van der Waals surface area contributed by atoms with Crippen LogP contribution in [0.25, 0.3) is 0 Å². The first kappa shape index (κ1) is 12.4. The van der Waals surface area contributed by atoms with Crippen molar-refractivity contribution in [2.75, 3.05) is 17.4 Å². The maximum absolute atomic E-state index is 5.46. The van der Waals surface area contributed by atoms with E-state index in [1.165, 1.54) is 11.3 Å². The minimum Gasteiger partial charge on any atom is -0.370 e. The van der Waals surface area contributed by atoms with Crippen molar-refractivity contribution in [2.24, 2.45) is 5.84 Å². The van der Waals surface area contributed by atoms with Gasteiger partial charge in [0, 0.05) is 31.0 Å². The SMILES string of the molecule is Cc1ccccc1N(C)Cc1cccnc1NN. The number of aromatic nitrogens is 1. The zero-order valence-electron chi connectivity index (χ0n) is 10.7. The van der Waals surface area contributed by atoms with Gasteiger partial charge in [0.25, 0.3) is 0 Å². The van der Waals surface area contributed by atoms with Crippen molar-refractivity contribution in [1.82, 2.24) is 4.98 Å². The summed E-state index contributed by atoms with van der Waals surface area (Å²) in [5, 5.41) is 0. The number of rotatable bonds is 4. The fourth-order valence-corrected chi connectivity index (χ4v) is 2.03. The Bertz CT molecular complexity index is 525. The number of nitrogens with one attached hydrogen (secondary N) is 1. The van der Waals surface area contributed by atoms with Crippen molar-refractivity contribution < 1.29 is 0 Å². The summed E-state index contributed by atoms with van der Waals surface area (Å²) in [6, 6.07) is 12.3. The molecule has 4 nitrogen and oxygen atoms in total. The average molecular weight is 242 g/mol. The lowest BCUT2D eigenvalue weighted by Gasteiger charge is -2.22. The summed E-state index contributed by atoms with van der Waals surface area (Å²) in [4.78, 5) is 6.39. The summed E-state index contributed by atoms with van der Waals surface area (Å²) in [7, 11) is 2.07. The van der Waals surface area contributed by atoms with Gasteiger partial charge in [-0.2, -0.15) is 0 Å². The van der Waals surface area contributed by atoms with E-state index in [0.717, 1.165) is 17.9 Å². The van der Waals surface area contributed by atoms with E-state index in [2.05, 4.69) is 41.4 Å². The van der Waals surface area contributed by atoms with Crippen LogP contribution in [0.2, 0.25) is 0 Å². The second kappa shape index (κ2) is 5.51. The summed E-state index contributed by atoms with van der Waals surface area (Å²) in [5.74, 6) is 6.18. The molecule has 94 valence electrons. The molecule has 0 bridgehead atoms. The van der Waals surface area contributed by atoms with Crippen molar-refractivity contribution in [3.05, 3.63) is 53.7 Å². The van der Waals surface area contributed by atoms with Gasteiger partial charge in [-0.25, -0.2) is 10.8 Å². The molecule has 0 atom stereocenters. The Morgan fingerprint density at radius 1 is 1.22 bits per heavy atom. The predicted molar refractivity (Wildman–Crippen MR) is 75.3 cm³/mol. The second-order valence-corrected chi connectivity index (χ2v) is 4.30. The number of benzene rings is 1.